The lowest BCUT2D eigenvalue weighted by atomic mass is 9.69. The molecule has 0 saturated carbocycles. The quantitative estimate of drug-likeness (QED) is 0.395. The molecule has 0 aliphatic heterocycles. The average Bonchev–Trinajstić information content (AvgIpc) is 3.20. The molecule has 0 spiro atoms. The summed E-state index contributed by atoms with van der Waals surface area (Å²) in [7, 11) is 0. The van der Waals surface area contributed by atoms with Crippen LogP contribution in [0.2, 0.25) is 0 Å². The summed E-state index contributed by atoms with van der Waals surface area (Å²) in [6.45, 7) is 6.70. The third kappa shape index (κ3) is 4.16. The molecule has 0 radical (unpaired) electrons. The Morgan fingerprint density at radius 2 is 1.86 bits per heavy atom. The Kier molecular flexibility index (Phi) is 6.23. The Bertz CT molecular complexity index is 1460. The van der Waals surface area contributed by atoms with Gasteiger partial charge in [-0.2, -0.15) is 0 Å². The fourth-order valence-electron chi connectivity index (χ4n) is 4.82. The third-order valence-corrected chi connectivity index (χ3v) is 7.64. The van der Waals surface area contributed by atoms with Gasteiger partial charge in [-0.15, -0.1) is 5.10 Å². The van der Waals surface area contributed by atoms with Crippen LogP contribution >= 0.6 is 11.8 Å². The fourth-order valence-corrected chi connectivity index (χ4v) is 5.53. The Morgan fingerprint density at radius 3 is 2.60 bits per heavy atom. The van der Waals surface area contributed by atoms with Crippen molar-refractivity contribution in [3.8, 4) is 11.3 Å². The summed E-state index contributed by atoms with van der Waals surface area (Å²) in [4.78, 5) is 31.8. The SMILES string of the molecule is CCSc1nn(CC(=O)NCc2ccccc2)c2nc3c(c(=O)n12)[C@](C)(CC)Cc1ccccc1-3. The Balaban J connectivity index is 1.61. The monoisotopic (exact) mass is 487 g/mol. The number of hydrogen-bond acceptors (Lipinski definition) is 5. The number of rotatable bonds is 7. The first-order valence-electron chi connectivity index (χ1n) is 12.0. The van der Waals surface area contributed by atoms with Crippen molar-refractivity contribution in [1.29, 1.82) is 0 Å². The molecule has 0 bridgehead atoms. The van der Waals surface area contributed by atoms with Crippen LogP contribution in [0.15, 0.2) is 64.5 Å². The van der Waals surface area contributed by atoms with Gasteiger partial charge in [0.2, 0.25) is 11.7 Å². The molecule has 1 atom stereocenters. The summed E-state index contributed by atoms with van der Waals surface area (Å²) in [5, 5.41) is 8.17. The van der Waals surface area contributed by atoms with Crippen LogP contribution in [-0.4, -0.2) is 30.8 Å². The predicted molar refractivity (Wildman–Crippen MR) is 139 cm³/mol. The number of nitrogens with one attached hydrogen (secondary N) is 1. The standard InChI is InChI=1S/C27H29N5O2S/c1-4-27(3)15-19-13-9-10-14-20(19)23-22(27)24(34)32-25(29-23)31(30-26(32)35-5-2)17-21(33)28-16-18-11-7-6-8-12-18/h6-14H,4-5,15-17H2,1-3H3,(H,28,33)/t27-/m1/s1. The molecule has 1 aliphatic carbocycles. The predicted octanol–water partition coefficient (Wildman–Crippen LogP) is 4.21. The summed E-state index contributed by atoms with van der Waals surface area (Å²) in [5.41, 5.74) is 4.23. The summed E-state index contributed by atoms with van der Waals surface area (Å²) in [6.07, 6.45) is 1.62. The molecule has 180 valence electrons. The van der Waals surface area contributed by atoms with Gasteiger partial charge >= 0.3 is 0 Å². The van der Waals surface area contributed by atoms with E-state index in [4.69, 9.17) is 4.98 Å². The van der Waals surface area contributed by atoms with Gasteiger partial charge < -0.3 is 5.32 Å². The van der Waals surface area contributed by atoms with Gasteiger partial charge in [0.1, 0.15) is 6.54 Å². The van der Waals surface area contributed by atoms with Crippen molar-refractivity contribution in [3.63, 3.8) is 0 Å². The zero-order valence-electron chi connectivity index (χ0n) is 20.2. The molecule has 2 aromatic carbocycles. The zero-order valence-corrected chi connectivity index (χ0v) is 21.1. The number of amides is 1. The van der Waals surface area contributed by atoms with E-state index in [9.17, 15) is 9.59 Å². The van der Waals surface area contributed by atoms with Gasteiger partial charge in [-0.1, -0.05) is 87.1 Å². The molecule has 8 heteroatoms. The average molecular weight is 488 g/mol. The number of nitrogens with zero attached hydrogens (tertiary/aromatic N) is 4. The molecule has 0 saturated heterocycles. The van der Waals surface area contributed by atoms with E-state index in [1.165, 1.54) is 17.3 Å². The highest BCUT2D eigenvalue weighted by Crippen LogP contribution is 2.42. The van der Waals surface area contributed by atoms with Gasteiger partial charge in [-0.25, -0.2) is 14.1 Å². The lowest BCUT2D eigenvalue weighted by molar-refractivity contribution is -0.121. The summed E-state index contributed by atoms with van der Waals surface area (Å²) < 4.78 is 3.15. The summed E-state index contributed by atoms with van der Waals surface area (Å²) in [5.74, 6) is 0.969. The topological polar surface area (TPSA) is 81.3 Å². The van der Waals surface area contributed by atoms with E-state index in [-0.39, 0.29) is 23.4 Å². The lowest BCUT2D eigenvalue weighted by Crippen LogP contribution is -2.38. The second-order valence-electron chi connectivity index (χ2n) is 9.16. The normalized spacial score (nSPS) is 16.7. The number of aromatic nitrogens is 4. The first-order valence-corrected chi connectivity index (χ1v) is 13.0. The van der Waals surface area contributed by atoms with Crippen LogP contribution < -0.4 is 10.9 Å². The third-order valence-electron chi connectivity index (χ3n) is 6.83. The van der Waals surface area contributed by atoms with Gasteiger partial charge in [-0.05, 0) is 29.7 Å². The molecule has 1 aliphatic rings. The van der Waals surface area contributed by atoms with Gasteiger partial charge in [-0.3, -0.25) is 9.59 Å². The van der Waals surface area contributed by atoms with Gasteiger partial charge in [0.25, 0.3) is 5.56 Å². The largest absolute Gasteiger partial charge is 0.350 e. The van der Waals surface area contributed by atoms with Crippen molar-refractivity contribution in [2.24, 2.45) is 0 Å². The first kappa shape index (κ1) is 23.4. The van der Waals surface area contributed by atoms with Crippen LogP contribution in [0.4, 0.5) is 0 Å². The van der Waals surface area contributed by atoms with Crippen LogP contribution in [0.3, 0.4) is 0 Å². The van der Waals surface area contributed by atoms with Crippen molar-refractivity contribution in [1.82, 2.24) is 24.5 Å². The van der Waals surface area contributed by atoms with Gasteiger partial charge in [0.05, 0.1) is 11.3 Å². The Labute approximate surface area is 208 Å². The fraction of sp³-hybridized carbons (Fsp3) is 0.333. The van der Waals surface area contributed by atoms with Crippen LogP contribution in [0.5, 0.6) is 0 Å². The zero-order chi connectivity index (χ0) is 24.6. The number of fused-ring (bicyclic) bond motifs is 4. The molecule has 7 nitrogen and oxygen atoms in total. The summed E-state index contributed by atoms with van der Waals surface area (Å²) in [6, 6.07) is 17.9. The number of carbonyl (C=O) groups excluding carboxylic acids is 1. The highest BCUT2D eigenvalue weighted by molar-refractivity contribution is 7.99. The van der Waals surface area contributed by atoms with E-state index in [1.807, 2.05) is 55.5 Å². The molecular weight excluding hydrogens is 458 g/mol. The van der Waals surface area contributed by atoms with Crippen LogP contribution in [0, 0.1) is 0 Å². The molecule has 2 aromatic heterocycles. The van der Waals surface area contributed by atoms with E-state index < -0.39 is 0 Å². The van der Waals surface area contributed by atoms with E-state index in [2.05, 4.69) is 30.3 Å². The van der Waals surface area contributed by atoms with Crippen molar-refractivity contribution in [3.05, 3.63) is 81.6 Å². The van der Waals surface area contributed by atoms with E-state index in [1.54, 1.807) is 9.08 Å². The van der Waals surface area contributed by atoms with E-state index >= 15 is 0 Å². The first-order chi connectivity index (χ1) is 16.9. The minimum absolute atomic E-state index is 0.0154. The van der Waals surface area contributed by atoms with Gasteiger partial charge in [0.15, 0.2) is 5.16 Å². The molecular formula is C27H29N5O2S. The molecule has 0 unspecified atom stereocenters. The van der Waals surface area contributed by atoms with Crippen LogP contribution in [0.1, 0.15) is 43.9 Å². The minimum Gasteiger partial charge on any atom is -0.350 e. The maximum Gasteiger partial charge on any atom is 0.265 e. The maximum atomic E-state index is 14.0. The molecule has 35 heavy (non-hydrogen) atoms. The molecule has 0 fully saturated rings. The number of carbonyl (C=O) groups is 1. The van der Waals surface area contributed by atoms with Crippen LogP contribution in [0.25, 0.3) is 17.0 Å². The molecule has 5 rings (SSSR count). The van der Waals surface area contributed by atoms with Crippen molar-refractivity contribution in [2.45, 2.75) is 57.3 Å². The Morgan fingerprint density at radius 1 is 1.11 bits per heavy atom. The second-order valence-corrected chi connectivity index (χ2v) is 10.4. The number of hydrogen-bond donors (Lipinski definition) is 1. The van der Waals surface area contributed by atoms with Crippen molar-refractivity contribution >= 4 is 23.4 Å². The maximum absolute atomic E-state index is 14.0. The van der Waals surface area contributed by atoms with Gasteiger partial charge in [0, 0.05) is 17.5 Å². The minimum atomic E-state index is -0.321. The molecule has 2 heterocycles. The smallest absolute Gasteiger partial charge is 0.265 e. The van der Waals surface area contributed by atoms with E-state index in [0.717, 1.165) is 35.3 Å². The molecule has 1 amide bonds. The molecule has 1 N–H and O–H groups in total. The van der Waals surface area contributed by atoms with Crippen LogP contribution in [-0.2, 0) is 29.7 Å². The summed E-state index contributed by atoms with van der Waals surface area (Å²) >= 11 is 1.48. The Hall–Kier alpha value is -3.39. The van der Waals surface area contributed by atoms with Crippen molar-refractivity contribution < 1.29 is 4.79 Å². The number of thioether (sulfide) groups is 1. The second kappa shape index (κ2) is 9.34. The highest BCUT2D eigenvalue weighted by atomic mass is 32.2. The number of benzene rings is 2. The highest BCUT2D eigenvalue weighted by Gasteiger charge is 2.38. The van der Waals surface area contributed by atoms with E-state index in [0.29, 0.717) is 23.2 Å². The van der Waals surface area contributed by atoms with Crippen molar-refractivity contribution in [2.75, 3.05) is 5.75 Å². The lowest BCUT2D eigenvalue weighted by Gasteiger charge is -2.35. The molecule has 4 aromatic rings.